The molecule has 0 radical (unpaired) electrons. The fourth-order valence-electron chi connectivity index (χ4n) is 1.28. The van der Waals surface area contributed by atoms with E-state index in [1.54, 1.807) is 12.5 Å². The van der Waals surface area contributed by atoms with Gasteiger partial charge in [-0.2, -0.15) is 0 Å². The Bertz CT molecular complexity index is 552. The van der Waals surface area contributed by atoms with Gasteiger partial charge in [0.2, 0.25) is 0 Å². The highest BCUT2D eigenvalue weighted by atomic mass is 32.1. The minimum atomic E-state index is -0.639. The van der Waals surface area contributed by atoms with Crippen LogP contribution in [-0.2, 0) is 6.54 Å². The lowest BCUT2D eigenvalue weighted by Crippen LogP contribution is -2.15. The van der Waals surface area contributed by atoms with Crippen molar-refractivity contribution in [3.05, 3.63) is 42.3 Å². The van der Waals surface area contributed by atoms with Crippen LogP contribution < -0.4 is 11.1 Å². The van der Waals surface area contributed by atoms with Gasteiger partial charge in [0.05, 0.1) is 6.26 Å². The summed E-state index contributed by atoms with van der Waals surface area (Å²) >= 11 is 6.72. The van der Waals surface area contributed by atoms with Crippen molar-refractivity contribution >= 4 is 35.7 Å². The standard InChI is InChI=1S/C11H10N2O2S.CH3NOS/c14-11(16)13-7-8-3-4-9(12-6-8)10-2-1-5-15-10;2-1(3)4/h1-6H,7H2,(H2,13,14,16);(H3,2,3,4). The van der Waals surface area contributed by atoms with E-state index in [2.05, 4.69) is 41.3 Å². The molecule has 0 spiro atoms. The summed E-state index contributed by atoms with van der Waals surface area (Å²) in [4.78, 5) is 23.9. The van der Waals surface area contributed by atoms with E-state index < -0.39 is 5.24 Å². The Morgan fingerprint density at radius 1 is 1.30 bits per heavy atom. The van der Waals surface area contributed by atoms with Gasteiger partial charge in [-0.15, -0.1) is 0 Å². The molecule has 6 nitrogen and oxygen atoms in total. The maximum Gasteiger partial charge on any atom is 0.276 e. The van der Waals surface area contributed by atoms with Gasteiger partial charge in [0.15, 0.2) is 5.76 Å². The molecular formula is C12H13N3O3S2. The first-order valence-electron chi connectivity index (χ1n) is 5.43. The molecule has 2 aromatic heterocycles. The van der Waals surface area contributed by atoms with Crippen LogP contribution >= 0.6 is 25.3 Å². The van der Waals surface area contributed by atoms with Crippen LogP contribution in [0, 0.1) is 0 Å². The molecule has 3 N–H and O–H groups in total. The number of primary amides is 1. The van der Waals surface area contributed by atoms with E-state index >= 15 is 0 Å². The van der Waals surface area contributed by atoms with Crippen LogP contribution in [0.15, 0.2) is 41.1 Å². The average molecular weight is 311 g/mol. The van der Waals surface area contributed by atoms with Crippen LogP contribution in [-0.4, -0.2) is 15.5 Å². The van der Waals surface area contributed by atoms with E-state index in [4.69, 9.17) is 9.21 Å². The highest BCUT2D eigenvalue weighted by molar-refractivity contribution is 7.96. The number of nitrogens with zero attached hydrogens (tertiary/aromatic N) is 1. The van der Waals surface area contributed by atoms with Crippen LogP contribution in [0.5, 0.6) is 0 Å². The van der Waals surface area contributed by atoms with Gasteiger partial charge in [0.1, 0.15) is 5.69 Å². The third kappa shape index (κ3) is 6.30. The molecule has 0 fully saturated rings. The summed E-state index contributed by atoms with van der Waals surface area (Å²) in [6.07, 6.45) is 3.30. The topological polar surface area (TPSA) is 98.2 Å². The predicted molar refractivity (Wildman–Crippen MR) is 81.7 cm³/mol. The zero-order valence-corrected chi connectivity index (χ0v) is 12.1. The molecule has 0 aliphatic rings. The van der Waals surface area contributed by atoms with Crippen LogP contribution in [0.25, 0.3) is 11.5 Å². The molecule has 106 valence electrons. The normalized spacial score (nSPS) is 9.30. The number of pyridine rings is 1. The lowest BCUT2D eigenvalue weighted by Gasteiger charge is -2.02. The number of rotatable bonds is 3. The number of nitrogens with two attached hydrogens (primary N) is 1. The molecule has 0 saturated heterocycles. The molecule has 0 aliphatic heterocycles. The molecule has 8 heteroatoms. The minimum absolute atomic E-state index is 0.352. The molecule has 0 atom stereocenters. The van der Waals surface area contributed by atoms with Crippen LogP contribution in [0.3, 0.4) is 0 Å². The van der Waals surface area contributed by atoms with E-state index in [-0.39, 0.29) is 5.24 Å². The quantitative estimate of drug-likeness (QED) is 0.654. The summed E-state index contributed by atoms with van der Waals surface area (Å²) in [5.41, 5.74) is 6.02. The Labute approximate surface area is 126 Å². The van der Waals surface area contributed by atoms with Crippen molar-refractivity contribution in [1.82, 2.24) is 10.3 Å². The Balaban J connectivity index is 0.000000444. The van der Waals surface area contributed by atoms with Gasteiger partial charge in [-0.3, -0.25) is 14.6 Å². The number of thiol groups is 2. The van der Waals surface area contributed by atoms with Gasteiger partial charge >= 0.3 is 0 Å². The highest BCUT2D eigenvalue weighted by Crippen LogP contribution is 2.16. The van der Waals surface area contributed by atoms with Crippen molar-refractivity contribution in [2.24, 2.45) is 5.73 Å². The monoisotopic (exact) mass is 311 g/mol. The zero-order chi connectivity index (χ0) is 15.0. The Hall–Kier alpha value is -1.93. The minimum Gasteiger partial charge on any atom is -0.463 e. The van der Waals surface area contributed by atoms with Crippen molar-refractivity contribution < 1.29 is 14.0 Å². The number of amides is 2. The van der Waals surface area contributed by atoms with E-state index in [1.807, 2.05) is 24.3 Å². The van der Waals surface area contributed by atoms with E-state index in [0.29, 0.717) is 6.54 Å². The van der Waals surface area contributed by atoms with E-state index in [1.165, 1.54) is 0 Å². The molecule has 0 unspecified atom stereocenters. The highest BCUT2D eigenvalue weighted by Gasteiger charge is 2.02. The number of hydrogen-bond donors (Lipinski definition) is 4. The fourth-order valence-corrected chi connectivity index (χ4v) is 1.36. The number of nitrogens with one attached hydrogen (secondary N) is 1. The molecule has 0 bridgehead atoms. The van der Waals surface area contributed by atoms with E-state index in [9.17, 15) is 4.79 Å². The molecule has 20 heavy (non-hydrogen) atoms. The molecule has 2 aromatic rings. The van der Waals surface area contributed by atoms with Crippen molar-refractivity contribution in [2.75, 3.05) is 0 Å². The predicted octanol–water partition coefficient (Wildman–Crippen LogP) is 2.48. The van der Waals surface area contributed by atoms with Gasteiger partial charge < -0.3 is 15.5 Å². The molecule has 2 heterocycles. The number of hydrogen-bond acceptors (Lipinski definition) is 4. The van der Waals surface area contributed by atoms with Gasteiger partial charge in [-0.25, -0.2) is 0 Å². The molecule has 0 saturated carbocycles. The van der Waals surface area contributed by atoms with Gasteiger partial charge in [-0.1, -0.05) is 31.3 Å². The maximum absolute atomic E-state index is 10.6. The molecular weight excluding hydrogens is 298 g/mol. The second kappa shape index (κ2) is 8.28. The Morgan fingerprint density at radius 2 is 2.00 bits per heavy atom. The summed E-state index contributed by atoms with van der Waals surface area (Å²) < 4.78 is 5.21. The number of carbonyl (C=O) groups excluding carboxylic acids is 2. The van der Waals surface area contributed by atoms with Gasteiger partial charge in [0.25, 0.3) is 10.5 Å². The summed E-state index contributed by atoms with van der Waals surface area (Å²) in [7, 11) is 0. The molecule has 0 aromatic carbocycles. The lowest BCUT2D eigenvalue weighted by molar-refractivity contribution is 0.260. The Morgan fingerprint density at radius 3 is 2.45 bits per heavy atom. The van der Waals surface area contributed by atoms with Crippen LogP contribution in [0.1, 0.15) is 5.56 Å². The van der Waals surface area contributed by atoms with Gasteiger partial charge in [0, 0.05) is 12.7 Å². The van der Waals surface area contributed by atoms with Crippen LogP contribution in [0.4, 0.5) is 9.59 Å². The van der Waals surface area contributed by atoms with Crippen LogP contribution in [0.2, 0.25) is 0 Å². The third-order valence-corrected chi connectivity index (χ3v) is 2.20. The fraction of sp³-hybridized carbons (Fsp3) is 0.0833. The number of furan rings is 1. The van der Waals surface area contributed by atoms with Crippen molar-refractivity contribution in [1.29, 1.82) is 0 Å². The van der Waals surface area contributed by atoms with E-state index in [0.717, 1.165) is 17.0 Å². The summed E-state index contributed by atoms with van der Waals surface area (Å²) in [6, 6.07) is 7.39. The third-order valence-electron chi connectivity index (χ3n) is 2.04. The SMILES string of the molecule is NC(=O)S.O=C(S)NCc1ccc(-c2ccco2)nc1. The first-order chi connectivity index (χ1) is 9.49. The average Bonchev–Trinajstić information content (AvgIpc) is 2.90. The summed E-state index contributed by atoms with van der Waals surface area (Å²) in [5.74, 6) is 0.727. The smallest absolute Gasteiger partial charge is 0.276 e. The summed E-state index contributed by atoms with van der Waals surface area (Å²) in [5, 5.41) is 1.59. The lowest BCUT2D eigenvalue weighted by atomic mass is 10.2. The van der Waals surface area contributed by atoms with Crippen molar-refractivity contribution in [2.45, 2.75) is 6.54 Å². The summed E-state index contributed by atoms with van der Waals surface area (Å²) in [6.45, 7) is 0.424. The first-order valence-corrected chi connectivity index (χ1v) is 6.32. The number of aromatic nitrogens is 1. The van der Waals surface area contributed by atoms with Crippen molar-refractivity contribution in [3.8, 4) is 11.5 Å². The van der Waals surface area contributed by atoms with Crippen molar-refractivity contribution in [3.63, 3.8) is 0 Å². The Kier molecular flexibility index (Phi) is 6.68. The first kappa shape index (κ1) is 16.1. The maximum atomic E-state index is 10.6. The molecule has 2 rings (SSSR count). The second-order valence-electron chi connectivity index (χ2n) is 3.53. The van der Waals surface area contributed by atoms with Gasteiger partial charge in [-0.05, 0) is 23.8 Å². The second-order valence-corrected chi connectivity index (χ2v) is 4.37. The zero-order valence-electron chi connectivity index (χ0n) is 10.3. The molecule has 0 aliphatic carbocycles. The molecule has 2 amide bonds. The largest absolute Gasteiger partial charge is 0.463 e. The number of carbonyl (C=O) groups is 2.